The highest BCUT2D eigenvalue weighted by Gasteiger charge is 2.25. The highest BCUT2D eigenvalue weighted by Crippen LogP contribution is 2.26. The van der Waals surface area contributed by atoms with Gasteiger partial charge in [0, 0.05) is 18.2 Å². The first-order valence-corrected chi connectivity index (χ1v) is 11.5. The zero-order chi connectivity index (χ0) is 23.6. The number of alkyl halides is 2. The molecule has 11 heteroatoms. The molecule has 1 aliphatic rings. The number of fused-ring (bicyclic) bond motifs is 1. The molecule has 0 saturated carbocycles. The third-order valence-electron chi connectivity index (χ3n) is 4.94. The number of hydrogen-bond donors (Lipinski definition) is 1. The summed E-state index contributed by atoms with van der Waals surface area (Å²) in [5.41, 5.74) is 3.18. The Kier molecular flexibility index (Phi) is 6.51. The number of benzene rings is 1. The molecule has 0 bridgehead atoms. The monoisotopic (exact) mass is 476 g/mol. The Bertz CT molecular complexity index is 1310. The third-order valence-corrected chi connectivity index (χ3v) is 6.35. The van der Waals surface area contributed by atoms with Crippen LogP contribution in [0.2, 0.25) is 0 Å². The molecule has 3 heterocycles. The zero-order valence-electron chi connectivity index (χ0n) is 17.4. The Morgan fingerprint density at radius 1 is 1.21 bits per heavy atom. The fourth-order valence-electron chi connectivity index (χ4n) is 3.29. The van der Waals surface area contributed by atoms with Gasteiger partial charge in [0.1, 0.15) is 22.1 Å². The largest absolute Gasteiger partial charge is 0.373 e. The van der Waals surface area contributed by atoms with Crippen molar-refractivity contribution in [3.8, 4) is 17.5 Å². The first-order valence-electron chi connectivity index (χ1n) is 9.97. The lowest BCUT2D eigenvalue weighted by Gasteiger charge is -2.20. The van der Waals surface area contributed by atoms with Gasteiger partial charge in [-0.2, -0.15) is 5.10 Å². The van der Waals surface area contributed by atoms with Gasteiger partial charge in [0.15, 0.2) is 0 Å². The van der Waals surface area contributed by atoms with Crippen LogP contribution < -0.4 is 4.72 Å². The third kappa shape index (κ3) is 5.24. The van der Waals surface area contributed by atoms with Crippen LogP contribution in [0.4, 0.5) is 13.2 Å². The van der Waals surface area contributed by atoms with Gasteiger partial charge in [-0.05, 0) is 55.2 Å². The second-order valence-corrected chi connectivity index (χ2v) is 9.13. The number of ether oxygens (including phenoxy) is 1. The molecular weight excluding hydrogens is 457 g/mol. The summed E-state index contributed by atoms with van der Waals surface area (Å²) < 4.78 is 71.2. The number of hydrogen-bond acceptors (Lipinski definition) is 5. The molecule has 0 aliphatic carbocycles. The van der Waals surface area contributed by atoms with Gasteiger partial charge in [0.2, 0.25) is 10.0 Å². The highest BCUT2D eigenvalue weighted by atomic mass is 32.2. The Morgan fingerprint density at radius 3 is 2.64 bits per heavy atom. The van der Waals surface area contributed by atoms with Crippen LogP contribution in [0.1, 0.15) is 29.6 Å². The first kappa shape index (κ1) is 23.0. The average Bonchev–Trinajstić information content (AvgIpc) is 3.15. The van der Waals surface area contributed by atoms with Crippen LogP contribution in [0.25, 0.3) is 5.69 Å². The van der Waals surface area contributed by atoms with Crippen molar-refractivity contribution in [3.05, 3.63) is 71.1 Å². The first-order chi connectivity index (χ1) is 15.7. The molecule has 2 aromatic heterocycles. The summed E-state index contributed by atoms with van der Waals surface area (Å²) in [4.78, 5) is 3.76. The lowest BCUT2D eigenvalue weighted by Crippen LogP contribution is -2.28. The van der Waals surface area contributed by atoms with Gasteiger partial charge in [-0.1, -0.05) is 0 Å². The van der Waals surface area contributed by atoms with Crippen molar-refractivity contribution in [1.82, 2.24) is 19.5 Å². The number of rotatable bonds is 5. The minimum absolute atomic E-state index is 0.0101. The molecule has 0 fully saturated rings. The summed E-state index contributed by atoms with van der Waals surface area (Å²) in [6.07, 6.45) is -1.15. The fourth-order valence-corrected chi connectivity index (χ4v) is 4.24. The second kappa shape index (κ2) is 9.35. The van der Waals surface area contributed by atoms with Crippen LogP contribution in [0, 0.1) is 17.7 Å². The van der Waals surface area contributed by atoms with E-state index in [2.05, 4.69) is 21.9 Å². The minimum Gasteiger partial charge on any atom is -0.373 e. The predicted molar refractivity (Wildman–Crippen MR) is 113 cm³/mol. The maximum atomic E-state index is 13.3. The number of nitrogens with zero attached hydrogens (tertiary/aromatic N) is 3. The lowest BCUT2D eigenvalue weighted by molar-refractivity contribution is 0.0397. The molecule has 0 unspecified atom stereocenters. The molecule has 4 rings (SSSR count). The molecule has 7 nitrogen and oxygen atoms in total. The molecule has 1 N–H and O–H groups in total. The summed E-state index contributed by atoms with van der Waals surface area (Å²) in [5, 5.41) is 4.57. The predicted octanol–water partition coefficient (Wildman–Crippen LogP) is 2.81. The van der Waals surface area contributed by atoms with Crippen molar-refractivity contribution < 1.29 is 26.3 Å². The second-order valence-electron chi connectivity index (χ2n) is 7.36. The van der Waals surface area contributed by atoms with Crippen molar-refractivity contribution in [1.29, 1.82) is 0 Å². The molecule has 0 spiro atoms. The van der Waals surface area contributed by atoms with Crippen molar-refractivity contribution in [3.63, 3.8) is 0 Å². The molecule has 0 saturated heterocycles. The SMILES string of the molecule is C[C@H]1Cc2c(c(C#Cc3ccc(S(=O)(=O)NCC(F)F)cn3)nn2-c2ccc(F)cc2)CO1. The zero-order valence-corrected chi connectivity index (χ0v) is 18.2. The van der Waals surface area contributed by atoms with Gasteiger partial charge in [-0.15, -0.1) is 0 Å². The van der Waals surface area contributed by atoms with Crippen molar-refractivity contribution in [2.24, 2.45) is 0 Å². The van der Waals surface area contributed by atoms with Gasteiger partial charge in [-0.3, -0.25) is 0 Å². The van der Waals surface area contributed by atoms with Crippen LogP contribution in [0.5, 0.6) is 0 Å². The van der Waals surface area contributed by atoms with Crippen LogP contribution in [-0.2, 0) is 27.8 Å². The van der Waals surface area contributed by atoms with Crippen LogP contribution in [0.15, 0.2) is 47.5 Å². The molecule has 33 heavy (non-hydrogen) atoms. The minimum atomic E-state index is -4.09. The fraction of sp³-hybridized carbons (Fsp3) is 0.273. The Balaban J connectivity index is 1.62. The van der Waals surface area contributed by atoms with Gasteiger partial charge >= 0.3 is 0 Å². The Hall–Kier alpha value is -3.20. The van der Waals surface area contributed by atoms with E-state index >= 15 is 0 Å². The number of aromatic nitrogens is 3. The average molecular weight is 476 g/mol. The number of nitrogens with one attached hydrogen (secondary N) is 1. The van der Waals surface area contributed by atoms with E-state index in [0.717, 1.165) is 17.5 Å². The van der Waals surface area contributed by atoms with Gasteiger partial charge in [0.25, 0.3) is 6.43 Å². The van der Waals surface area contributed by atoms with Crippen molar-refractivity contribution in [2.45, 2.75) is 37.4 Å². The molecule has 1 atom stereocenters. The molecule has 172 valence electrons. The summed E-state index contributed by atoms with van der Waals surface area (Å²) in [7, 11) is -4.09. The van der Waals surface area contributed by atoms with Crippen LogP contribution in [-0.4, -0.2) is 42.3 Å². The van der Waals surface area contributed by atoms with E-state index in [-0.39, 0.29) is 22.5 Å². The van der Waals surface area contributed by atoms with E-state index < -0.39 is 23.0 Å². The van der Waals surface area contributed by atoms with E-state index in [1.54, 1.807) is 16.8 Å². The van der Waals surface area contributed by atoms with E-state index in [9.17, 15) is 21.6 Å². The highest BCUT2D eigenvalue weighted by molar-refractivity contribution is 7.89. The van der Waals surface area contributed by atoms with Gasteiger partial charge < -0.3 is 4.74 Å². The van der Waals surface area contributed by atoms with E-state index in [4.69, 9.17) is 4.74 Å². The summed E-state index contributed by atoms with van der Waals surface area (Å²) in [6.45, 7) is 1.29. The van der Waals surface area contributed by atoms with Crippen LogP contribution >= 0.6 is 0 Å². The van der Waals surface area contributed by atoms with Crippen molar-refractivity contribution >= 4 is 10.0 Å². The molecule has 3 aromatic rings. The van der Waals surface area contributed by atoms with Gasteiger partial charge in [0.05, 0.1) is 30.6 Å². The molecule has 1 aliphatic heterocycles. The summed E-state index contributed by atoms with van der Waals surface area (Å²) >= 11 is 0. The number of halogens is 3. The van der Waals surface area contributed by atoms with Crippen LogP contribution in [0.3, 0.4) is 0 Å². The molecule has 0 radical (unpaired) electrons. The van der Waals surface area contributed by atoms with E-state index in [1.807, 2.05) is 11.6 Å². The van der Waals surface area contributed by atoms with E-state index in [0.29, 0.717) is 24.4 Å². The summed E-state index contributed by atoms with van der Waals surface area (Å²) in [5.74, 6) is 5.43. The summed E-state index contributed by atoms with van der Waals surface area (Å²) in [6, 6.07) is 8.58. The van der Waals surface area contributed by atoms with Crippen molar-refractivity contribution in [2.75, 3.05) is 6.54 Å². The molecule has 0 amide bonds. The standard InChI is InChI=1S/C22H19F3N4O3S/c1-14-10-21-19(13-32-14)20(28-29(21)17-6-2-15(23)3-7-17)9-5-16-4-8-18(11-26-16)33(30,31)27-12-22(24)25/h2-4,6-8,11,14,22,27H,10,12-13H2,1H3/t14-/m0/s1. The number of pyridine rings is 1. The normalized spacial score (nSPS) is 15.7. The topological polar surface area (TPSA) is 86.1 Å². The maximum Gasteiger partial charge on any atom is 0.251 e. The Labute approximate surface area is 188 Å². The molecule has 1 aromatic carbocycles. The van der Waals surface area contributed by atoms with Gasteiger partial charge in [-0.25, -0.2) is 36.0 Å². The Morgan fingerprint density at radius 2 is 1.97 bits per heavy atom. The quantitative estimate of drug-likeness (QED) is 0.573. The number of sulfonamides is 1. The van der Waals surface area contributed by atoms with E-state index in [1.165, 1.54) is 24.3 Å². The maximum absolute atomic E-state index is 13.3. The lowest BCUT2D eigenvalue weighted by atomic mass is 10.1. The smallest absolute Gasteiger partial charge is 0.251 e. The molecular formula is C22H19F3N4O3S.